The van der Waals surface area contributed by atoms with E-state index in [0.29, 0.717) is 30.0 Å². The number of benzene rings is 2. The Bertz CT molecular complexity index is 1230. The Morgan fingerprint density at radius 1 is 1.00 bits per heavy atom. The summed E-state index contributed by atoms with van der Waals surface area (Å²) in [6.07, 6.45) is -3.23. The van der Waals surface area contributed by atoms with E-state index in [0.717, 1.165) is 28.7 Å². The number of aryl methyl sites for hydroxylation is 1. The number of aromatic amines is 1. The van der Waals surface area contributed by atoms with Crippen LogP contribution in [-0.2, 0) is 19.1 Å². The first kappa shape index (κ1) is 25.8. The smallest absolute Gasteiger partial charge is 1.00 e. The van der Waals surface area contributed by atoms with Crippen LogP contribution >= 0.6 is 0 Å². The summed E-state index contributed by atoms with van der Waals surface area (Å²) in [5.74, 6) is -0.404. The molecule has 4 aromatic rings. The number of rotatable bonds is 7. The SMILES string of the molecule is CCCc1c(C)nc(C(F)(F)F)nc1NCc1ccc(-c2ccccc2-c2nn[nH]n2)cc1.[H-].[Na+]. The van der Waals surface area contributed by atoms with Crippen molar-refractivity contribution in [2.75, 3.05) is 5.32 Å². The molecular formula is C23H23F3N7Na. The maximum Gasteiger partial charge on any atom is 1.00 e. The summed E-state index contributed by atoms with van der Waals surface area (Å²) in [5, 5.41) is 17.3. The second-order valence-electron chi connectivity index (χ2n) is 7.54. The van der Waals surface area contributed by atoms with Gasteiger partial charge in [0.05, 0.1) is 0 Å². The van der Waals surface area contributed by atoms with Crippen LogP contribution in [0.15, 0.2) is 48.5 Å². The van der Waals surface area contributed by atoms with Gasteiger partial charge in [0.15, 0.2) is 0 Å². The van der Waals surface area contributed by atoms with E-state index in [-0.39, 0.29) is 36.8 Å². The Kier molecular flexibility index (Phi) is 8.40. The fourth-order valence-corrected chi connectivity index (χ4v) is 3.61. The van der Waals surface area contributed by atoms with Crippen molar-refractivity contribution in [1.29, 1.82) is 0 Å². The minimum atomic E-state index is -4.60. The molecule has 0 aliphatic carbocycles. The van der Waals surface area contributed by atoms with Crippen molar-refractivity contribution >= 4 is 5.82 Å². The number of nitrogens with one attached hydrogen (secondary N) is 2. The van der Waals surface area contributed by atoms with Crippen molar-refractivity contribution in [1.82, 2.24) is 30.6 Å². The van der Waals surface area contributed by atoms with Crippen LogP contribution in [0, 0.1) is 6.92 Å². The van der Waals surface area contributed by atoms with Crippen LogP contribution in [0.5, 0.6) is 0 Å². The minimum absolute atomic E-state index is 0. The third kappa shape index (κ3) is 5.81. The molecule has 172 valence electrons. The largest absolute Gasteiger partial charge is 1.00 e. The summed E-state index contributed by atoms with van der Waals surface area (Å²) in [6, 6.07) is 15.5. The van der Waals surface area contributed by atoms with Gasteiger partial charge in [0, 0.05) is 23.4 Å². The second kappa shape index (κ2) is 11.1. The van der Waals surface area contributed by atoms with Crippen molar-refractivity contribution < 1.29 is 44.2 Å². The van der Waals surface area contributed by atoms with E-state index in [1.165, 1.54) is 0 Å². The van der Waals surface area contributed by atoms with Gasteiger partial charge in [-0.05, 0) is 35.2 Å². The molecule has 0 radical (unpaired) electrons. The van der Waals surface area contributed by atoms with Crippen LogP contribution in [0.2, 0.25) is 0 Å². The molecule has 2 heterocycles. The average molecular weight is 477 g/mol. The first-order valence-corrected chi connectivity index (χ1v) is 10.5. The number of H-pyrrole nitrogens is 1. The first-order valence-electron chi connectivity index (χ1n) is 10.5. The predicted molar refractivity (Wildman–Crippen MR) is 119 cm³/mol. The monoisotopic (exact) mass is 477 g/mol. The number of anilines is 1. The van der Waals surface area contributed by atoms with Gasteiger partial charge >= 0.3 is 35.7 Å². The van der Waals surface area contributed by atoms with E-state index in [1.807, 2.05) is 55.5 Å². The number of aromatic nitrogens is 6. The topological polar surface area (TPSA) is 92.3 Å². The molecule has 2 N–H and O–H groups in total. The van der Waals surface area contributed by atoms with E-state index < -0.39 is 12.0 Å². The Morgan fingerprint density at radius 2 is 1.71 bits per heavy atom. The summed E-state index contributed by atoms with van der Waals surface area (Å²) < 4.78 is 39.6. The van der Waals surface area contributed by atoms with Crippen molar-refractivity contribution in [3.8, 4) is 22.5 Å². The Labute approximate surface area is 218 Å². The number of hydrogen-bond donors (Lipinski definition) is 2. The molecule has 11 heteroatoms. The van der Waals surface area contributed by atoms with Crippen LogP contribution < -0.4 is 34.9 Å². The molecule has 4 rings (SSSR count). The van der Waals surface area contributed by atoms with Crippen LogP contribution in [0.25, 0.3) is 22.5 Å². The van der Waals surface area contributed by atoms with E-state index in [1.54, 1.807) is 6.92 Å². The number of nitrogens with zero attached hydrogens (tertiary/aromatic N) is 5. The molecule has 0 aliphatic rings. The Morgan fingerprint density at radius 3 is 2.32 bits per heavy atom. The summed E-state index contributed by atoms with van der Waals surface area (Å²) in [7, 11) is 0. The normalized spacial score (nSPS) is 11.2. The molecule has 2 aromatic carbocycles. The van der Waals surface area contributed by atoms with E-state index in [4.69, 9.17) is 0 Å². The Hall–Kier alpha value is -2.82. The van der Waals surface area contributed by atoms with Gasteiger partial charge in [0.2, 0.25) is 11.6 Å². The number of tetrazole rings is 1. The average Bonchev–Trinajstić information content (AvgIpc) is 3.34. The first-order chi connectivity index (χ1) is 15.9. The van der Waals surface area contributed by atoms with Gasteiger partial charge in [-0.25, -0.2) is 9.97 Å². The van der Waals surface area contributed by atoms with Crippen LogP contribution in [0.3, 0.4) is 0 Å². The maximum absolute atomic E-state index is 13.2. The van der Waals surface area contributed by atoms with Crippen LogP contribution in [0.1, 0.15) is 37.4 Å². The predicted octanol–water partition coefficient (Wildman–Crippen LogP) is 2.33. The third-order valence-electron chi connectivity index (χ3n) is 5.21. The molecule has 7 nitrogen and oxygen atoms in total. The number of halogens is 3. The summed E-state index contributed by atoms with van der Waals surface area (Å²) in [4.78, 5) is 7.43. The second-order valence-corrected chi connectivity index (χ2v) is 7.54. The van der Waals surface area contributed by atoms with E-state index >= 15 is 0 Å². The molecule has 2 aromatic heterocycles. The zero-order valence-electron chi connectivity index (χ0n) is 20.1. The van der Waals surface area contributed by atoms with Gasteiger partial charge in [-0.2, -0.15) is 18.4 Å². The van der Waals surface area contributed by atoms with E-state index in [2.05, 4.69) is 35.9 Å². The van der Waals surface area contributed by atoms with Gasteiger partial charge in [0.1, 0.15) is 5.82 Å². The summed E-state index contributed by atoms with van der Waals surface area (Å²) >= 11 is 0. The Balaban J connectivity index is 0.00000216. The fourth-order valence-electron chi connectivity index (χ4n) is 3.61. The number of hydrogen-bond acceptors (Lipinski definition) is 6. The molecule has 0 unspecified atom stereocenters. The van der Waals surface area contributed by atoms with Gasteiger partial charge < -0.3 is 6.74 Å². The molecule has 34 heavy (non-hydrogen) atoms. The van der Waals surface area contributed by atoms with Gasteiger partial charge in [0.25, 0.3) is 0 Å². The van der Waals surface area contributed by atoms with Crippen molar-refractivity contribution in [3.05, 3.63) is 71.2 Å². The molecule has 0 saturated carbocycles. The van der Waals surface area contributed by atoms with Crippen LogP contribution in [-0.4, -0.2) is 30.6 Å². The molecule has 0 atom stereocenters. The van der Waals surface area contributed by atoms with Crippen molar-refractivity contribution in [3.63, 3.8) is 0 Å². The standard InChI is InChI=1S/C23H22F3N7.Na.H/c1-3-6-17-14(2)28-22(23(24,25)26)29-20(17)27-13-15-9-11-16(12-10-15)18-7-4-5-8-19(18)21-30-32-33-31-21;;/h4-5,7-12H,3,6,13H2,1-2H3,(H,27,28,29)(H,30,31,32,33);;/q;+1;-1. The quantitative estimate of drug-likeness (QED) is 0.397. The maximum atomic E-state index is 13.2. The summed E-state index contributed by atoms with van der Waals surface area (Å²) in [6.45, 7) is 3.88. The minimum Gasteiger partial charge on any atom is -1.00 e. The number of alkyl halides is 3. The zero-order chi connectivity index (χ0) is 23.4. The summed E-state index contributed by atoms with van der Waals surface area (Å²) in [5.41, 5.74) is 4.71. The molecular weight excluding hydrogens is 454 g/mol. The molecule has 0 aliphatic heterocycles. The molecule has 0 saturated heterocycles. The fraction of sp³-hybridized carbons (Fsp3) is 0.261. The van der Waals surface area contributed by atoms with Gasteiger partial charge in [-0.15, -0.1) is 10.2 Å². The molecule has 0 amide bonds. The van der Waals surface area contributed by atoms with E-state index in [9.17, 15) is 13.2 Å². The zero-order valence-corrected chi connectivity index (χ0v) is 21.1. The van der Waals surface area contributed by atoms with Gasteiger partial charge in [-0.3, -0.25) is 0 Å². The molecule has 0 bridgehead atoms. The molecule has 0 fully saturated rings. The van der Waals surface area contributed by atoms with Gasteiger partial charge in [-0.1, -0.05) is 61.9 Å². The molecule has 0 spiro atoms. The van der Waals surface area contributed by atoms with Crippen LogP contribution in [0.4, 0.5) is 19.0 Å². The van der Waals surface area contributed by atoms with Crippen molar-refractivity contribution in [2.45, 2.75) is 39.4 Å². The van der Waals surface area contributed by atoms with Crippen molar-refractivity contribution in [2.24, 2.45) is 0 Å². The third-order valence-corrected chi connectivity index (χ3v) is 5.21.